The lowest BCUT2D eigenvalue weighted by atomic mass is 10.0. The van der Waals surface area contributed by atoms with Gasteiger partial charge in [-0.2, -0.15) is 0 Å². The molecule has 1 unspecified atom stereocenters. The number of piperidine rings is 1. The molecule has 2 aliphatic heterocycles. The Bertz CT molecular complexity index is 686. The van der Waals surface area contributed by atoms with Gasteiger partial charge in [0.05, 0.1) is 12.6 Å². The number of aromatic nitrogens is 2. The van der Waals surface area contributed by atoms with Crippen LogP contribution < -0.4 is 5.32 Å². The highest BCUT2D eigenvalue weighted by Gasteiger charge is 2.46. The van der Waals surface area contributed by atoms with Crippen LogP contribution in [0.3, 0.4) is 0 Å². The number of alkyl carbamates (subject to hydrolysis) is 1. The number of aliphatic hydroxyl groups is 1. The number of carbonyl (C=O) groups excluding carboxylic acids is 2. The molecular formula is C15H23N5O6. The van der Waals surface area contributed by atoms with Crippen molar-refractivity contribution < 1.29 is 29.1 Å². The number of nitrogens with one attached hydrogen (secondary N) is 1. The second-order valence-corrected chi connectivity index (χ2v) is 7.40. The van der Waals surface area contributed by atoms with Crippen LogP contribution in [0.2, 0.25) is 0 Å². The minimum absolute atomic E-state index is 0.0642. The number of hydrogen-bond acceptors (Lipinski definition) is 8. The Hall–Kier alpha value is -2.40. The molecule has 1 aromatic heterocycles. The fraction of sp³-hybridized carbons (Fsp3) is 0.733. The lowest BCUT2D eigenvalue weighted by Crippen LogP contribution is -2.35. The van der Waals surface area contributed by atoms with Crippen LogP contribution in [0.25, 0.3) is 0 Å². The topological polar surface area (TPSA) is 141 Å². The summed E-state index contributed by atoms with van der Waals surface area (Å²) in [4.78, 5) is 25.1. The van der Waals surface area contributed by atoms with Crippen LogP contribution in [0.1, 0.15) is 57.5 Å². The summed E-state index contributed by atoms with van der Waals surface area (Å²) in [6.45, 7) is 5.43. The van der Waals surface area contributed by atoms with Crippen LogP contribution in [0.5, 0.6) is 0 Å². The second-order valence-electron chi connectivity index (χ2n) is 7.40. The molecule has 1 aromatic rings. The van der Waals surface area contributed by atoms with Crippen LogP contribution in [-0.2, 0) is 4.74 Å². The molecule has 144 valence electrons. The SMILES string of the molecule is CC(C)(C)OC(=O)NCC(O)c1nnc([C@@H]2CC[C@H]3CN2C(=O)N3O)o1. The number of amides is 3. The summed E-state index contributed by atoms with van der Waals surface area (Å²) in [5.41, 5.74) is -0.644. The summed E-state index contributed by atoms with van der Waals surface area (Å²) < 4.78 is 10.6. The van der Waals surface area contributed by atoms with Crippen LogP contribution in [-0.4, -0.2) is 67.3 Å². The normalized spacial score (nSPS) is 24.0. The second kappa shape index (κ2) is 6.72. The van der Waals surface area contributed by atoms with Gasteiger partial charge in [-0.25, -0.2) is 14.7 Å². The number of ether oxygens (including phenoxy) is 1. The van der Waals surface area contributed by atoms with E-state index in [4.69, 9.17) is 9.15 Å². The molecule has 2 saturated heterocycles. The number of carbonyl (C=O) groups is 2. The van der Waals surface area contributed by atoms with Gasteiger partial charge in [0.2, 0.25) is 11.8 Å². The van der Waals surface area contributed by atoms with Gasteiger partial charge in [-0.3, -0.25) is 5.21 Å². The molecule has 3 heterocycles. The zero-order valence-corrected chi connectivity index (χ0v) is 14.9. The fourth-order valence-corrected chi connectivity index (χ4v) is 3.00. The molecule has 0 aliphatic carbocycles. The van der Waals surface area contributed by atoms with Gasteiger partial charge >= 0.3 is 12.1 Å². The van der Waals surface area contributed by atoms with E-state index in [1.165, 1.54) is 4.90 Å². The molecule has 3 amide bonds. The number of hydroxylamine groups is 2. The summed E-state index contributed by atoms with van der Waals surface area (Å²) in [6, 6.07) is -1.16. The van der Waals surface area contributed by atoms with Gasteiger partial charge < -0.3 is 24.5 Å². The third-order valence-electron chi connectivity index (χ3n) is 4.21. The Morgan fingerprint density at radius 1 is 1.42 bits per heavy atom. The molecule has 11 heteroatoms. The van der Waals surface area contributed by atoms with Gasteiger partial charge in [-0.15, -0.1) is 10.2 Å². The number of urea groups is 1. The molecule has 26 heavy (non-hydrogen) atoms. The summed E-state index contributed by atoms with van der Waals surface area (Å²) in [5.74, 6) is 0.129. The van der Waals surface area contributed by atoms with Crippen molar-refractivity contribution in [2.45, 2.75) is 57.4 Å². The Balaban J connectivity index is 1.59. The van der Waals surface area contributed by atoms with Crippen molar-refractivity contribution in [3.8, 4) is 0 Å². The maximum absolute atomic E-state index is 12.0. The average Bonchev–Trinajstić information content (AvgIpc) is 3.13. The predicted octanol–water partition coefficient (Wildman–Crippen LogP) is 0.958. The van der Waals surface area contributed by atoms with Crippen molar-refractivity contribution in [2.75, 3.05) is 13.1 Å². The number of rotatable bonds is 4. The maximum atomic E-state index is 12.0. The molecular weight excluding hydrogens is 346 g/mol. The minimum Gasteiger partial charge on any atom is -0.444 e. The first-order chi connectivity index (χ1) is 12.2. The van der Waals surface area contributed by atoms with Crippen molar-refractivity contribution >= 4 is 12.1 Å². The number of fused-ring (bicyclic) bond motifs is 2. The quantitative estimate of drug-likeness (QED) is 0.666. The van der Waals surface area contributed by atoms with E-state index in [2.05, 4.69) is 15.5 Å². The monoisotopic (exact) mass is 369 g/mol. The summed E-state index contributed by atoms with van der Waals surface area (Å²) in [6.07, 6.45) is -0.686. The van der Waals surface area contributed by atoms with Gasteiger partial charge in [0.15, 0.2) is 0 Å². The Morgan fingerprint density at radius 3 is 2.85 bits per heavy atom. The first-order valence-corrected chi connectivity index (χ1v) is 8.42. The van der Waals surface area contributed by atoms with E-state index < -0.39 is 29.9 Å². The largest absolute Gasteiger partial charge is 0.444 e. The molecule has 3 N–H and O–H groups in total. The van der Waals surface area contributed by atoms with E-state index in [-0.39, 0.29) is 24.4 Å². The molecule has 0 radical (unpaired) electrons. The van der Waals surface area contributed by atoms with Crippen molar-refractivity contribution in [1.29, 1.82) is 0 Å². The molecule has 2 aliphatic rings. The molecule has 3 atom stereocenters. The first-order valence-electron chi connectivity index (χ1n) is 8.42. The highest BCUT2D eigenvalue weighted by atomic mass is 16.6. The van der Waals surface area contributed by atoms with Crippen LogP contribution >= 0.6 is 0 Å². The van der Waals surface area contributed by atoms with E-state index in [0.717, 1.165) is 5.06 Å². The molecule has 11 nitrogen and oxygen atoms in total. The van der Waals surface area contributed by atoms with Crippen LogP contribution in [0.4, 0.5) is 9.59 Å². The molecule has 3 rings (SSSR count). The third-order valence-corrected chi connectivity index (χ3v) is 4.21. The molecule has 0 spiro atoms. The Morgan fingerprint density at radius 2 is 2.15 bits per heavy atom. The van der Waals surface area contributed by atoms with Gasteiger partial charge in [-0.05, 0) is 33.6 Å². The van der Waals surface area contributed by atoms with Gasteiger partial charge in [-0.1, -0.05) is 0 Å². The van der Waals surface area contributed by atoms with E-state index in [0.29, 0.717) is 19.4 Å². The lowest BCUT2D eigenvalue weighted by Gasteiger charge is -2.27. The third kappa shape index (κ3) is 3.73. The van der Waals surface area contributed by atoms with Crippen LogP contribution in [0.15, 0.2) is 4.42 Å². The van der Waals surface area contributed by atoms with Crippen molar-refractivity contribution in [3.05, 3.63) is 11.8 Å². The standard InChI is InChI=1S/C15H23N5O6/c1-15(2,3)26-13(22)16-6-10(21)12-18-17-11(25-12)9-5-4-8-7-19(9)14(23)20(8)24/h8-10,21,24H,4-7H2,1-3H3,(H,16,22)/t8-,9-,10?/m0/s1. The van der Waals surface area contributed by atoms with E-state index >= 15 is 0 Å². The predicted molar refractivity (Wildman–Crippen MR) is 85.0 cm³/mol. The van der Waals surface area contributed by atoms with E-state index in [9.17, 15) is 19.9 Å². The minimum atomic E-state index is -1.20. The van der Waals surface area contributed by atoms with E-state index in [1.54, 1.807) is 20.8 Å². The lowest BCUT2D eigenvalue weighted by molar-refractivity contribution is -0.0584. The average molecular weight is 369 g/mol. The zero-order chi connectivity index (χ0) is 19.1. The molecule has 0 saturated carbocycles. The van der Waals surface area contributed by atoms with Gasteiger partial charge in [0.1, 0.15) is 17.7 Å². The first kappa shape index (κ1) is 18.4. The van der Waals surface area contributed by atoms with Crippen LogP contribution in [0, 0.1) is 0 Å². The van der Waals surface area contributed by atoms with Gasteiger partial charge in [0, 0.05) is 6.54 Å². The zero-order valence-electron chi connectivity index (χ0n) is 14.9. The Kier molecular flexibility index (Phi) is 4.76. The van der Waals surface area contributed by atoms with Crippen molar-refractivity contribution in [3.63, 3.8) is 0 Å². The molecule has 2 bridgehead atoms. The van der Waals surface area contributed by atoms with Crippen molar-refractivity contribution in [2.24, 2.45) is 0 Å². The van der Waals surface area contributed by atoms with Gasteiger partial charge in [0.25, 0.3) is 0 Å². The Labute approximate surface area is 149 Å². The highest BCUT2D eigenvalue weighted by molar-refractivity contribution is 5.76. The number of nitrogens with zero attached hydrogens (tertiary/aromatic N) is 4. The van der Waals surface area contributed by atoms with Crippen molar-refractivity contribution in [1.82, 2.24) is 25.5 Å². The van der Waals surface area contributed by atoms with E-state index in [1.807, 2.05) is 0 Å². The summed E-state index contributed by atoms with van der Waals surface area (Å²) in [5, 5.41) is 30.7. The number of hydrogen-bond donors (Lipinski definition) is 3. The number of aliphatic hydroxyl groups excluding tert-OH is 1. The fourth-order valence-electron chi connectivity index (χ4n) is 3.00. The highest BCUT2D eigenvalue weighted by Crippen LogP contribution is 2.37. The molecule has 0 aromatic carbocycles. The summed E-state index contributed by atoms with van der Waals surface area (Å²) >= 11 is 0. The maximum Gasteiger partial charge on any atom is 0.407 e. The molecule has 2 fully saturated rings. The summed E-state index contributed by atoms with van der Waals surface area (Å²) in [7, 11) is 0. The smallest absolute Gasteiger partial charge is 0.407 e.